The van der Waals surface area contributed by atoms with Crippen LogP contribution in [-0.2, 0) is 16.1 Å². The number of likely N-dealkylation sites (N-methyl/N-ethyl adjacent to an activating group) is 1. The molecule has 32 heavy (non-hydrogen) atoms. The van der Waals surface area contributed by atoms with E-state index in [9.17, 15) is 4.79 Å². The third kappa shape index (κ3) is 16.8. The summed E-state index contributed by atoms with van der Waals surface area (Å²) in [5, 5.41) is 0. The molecule has 0 N–H and O–H groups in total. The normalized spacial score (nSPS) is 12.1. The molecule has 0 spiro atoms. The van der Waals surface area contributed by atoms with Gasteiger partial charge >= 0.3 is 5.97 Å². The standard InChI is InChI=1S/C29H48NO2/c1-4-5-6-7-8-9-10-11-12-13-14-15-16-17-21-24-29(31)32-26-25-30(2,3)27-28-22-19-18-20-23-28/h8-9,11-12,18-20,22-23H,4-7,10,13-17,21,24-27H2,1-3H3/q+1/b9-8-,12-11-. The fourth-order valence-electron chi connectivity index (χ4n) is 3.72. The molecule has 3 heteroatoms. The monoisotopic (exact) mass is 442 g/mol. The Hall–Kier alpha value is -1.87. The molecule has 0 bridgehead atoms. The molecule has 0 saturated carbocycles. The predicted octanol–water partition coefficient (Wildman–Crippen LogP) is 7.62. The second kappa shape index (κ2) is 18.7. The zero-order valence-corrected chi connectivity index (χ0v) is 21.1. The van der Waals surface area contributed by atoms with Crippen LogP contribution in [0, 0.1) is 0 Å². The van der Waals surface area contributed by atoms with Crippen molar-refractivity contribution >= 4 is 5.97 Å². The van der Waals surface area contributed by atoms with E-state index in [2.05, 4.69) is 69.6 Å². The summed E-state index contributed by atoms with van der Waals surface area (Å²) in [7, 11) is 4.36. The summed E-state index contributed by atoms with van der Waals surface area (Å²) in [5.41, 5.74) is 1.31. The van der Waals surface area contributed by atoms with E-state index >= 15 is 0 Å². The van der Waals surface area contributed by atoms with E-state index in [0.717, 1.165) is 36.8 Å². The Morgan fingerprint density at radius 3 is 2.16 bits per heavy atom. The lowest BCUT2D eigenvalue weighted by Gasteiger charge is -2.29. The first-order valence-corrected chi connectivity index (χ1v) is 12.8. The van der Waals surface area contributed by atoms with Crippen LogP contribution in [0.25, 0.3) is 0 Å². The first kappa shape index (κ1) is 28.2. The van der Waals surface area contributed by atoms with Gasteiger partial charge in [-0.3, -0.25) is 4.79 Å². The average Bonchev–Trinajstić information content (AvgIpc) is 2.76. The number of carbonyl (C=O) groups excluding carboxylic acids is 1. The minimum absolute atomic E-state index is 0.0459. The SMILES string of the molecule is CCCCC/C=C\C/C=C\CCCCCCCC(=O)OCC[N+](C)(C)Cc1ccccc1. The smallest absolute Gasteiger partial charge is 0.305 e. The highest BCUT2D eigenvalue weighted by Crippen LogP contribution is 2.10. The number of hydrogen-bond acceptors (Lipinski definition) is 2. The average molecular weight is 443 g/mol. The van der Waals surface area contributed by atoms with Gasteiger partial charge in [-0.1, -0.05) is 93.7 Å². The maximum Gasteiger partial charge on any atom is 0.305 e. The Bertz CT molecular complexity index is 634. The Morgan fingerprint density at radius 1 is 0.844 bits per heavy atom. The quantitative estimate of drug-likeness (QED) is 0.0953. The van der Waals surface area contributed by atoms with E-state index < -0.39 is 0 Å². The molecular weight excluding hydrogens is 394 g/mol. The number of quaternary nitrogens is 1. The Labute approximate surface area is 198 Å². The van der Waals surface area contributed by atoms with Crippen molar-refractivity contribution < 1.29 is 14.0 Å². The molecule has 0 atom stereocenters. The van der Waals surface area contributed by atoms with Crippen molar-refractivity contribution in [3.8, 4) is 0 Å². The summed E-state index contributed by atoms with van der Waals surface area (Å²) in [6, 6.07) is 10.5. The number of hydrogen-bond donors (Lipinski definition) is 0. The molecule has 0 aliphatic carbocycles. The van der Waals surface area contributed by atoms with E-state index in [1.807, 2.05) is 6.07 Å². The Morgan fingerprint density at radius 2 is 1.47 bits per heavy atom. The van der Waals surface area contributed by atoms with E-state index in [1.165, 1.54) is 56.9 Å². The number of rotatable bonds is 19. The van der Waals surface area contributed by atoms with Crippen LogP contribution < -0.4 is 0 Å². The fraction of sp³-hybridized carbons (Fsp3) is 0.621. The Kier molecular flexibility index (Phi) is 16.4. The van der Waals surface area contributed by atoms with Gasteiger partial charge in [0, 0.05) is 12.0 Å². The summed E-state index contributed by atoms with van der Waals surface area (Å²) in [6.07, 6.45) is 22.9. The van der Waals surface area contributed by atoms with Crippen molar-refractivity contribution in [2.24, 2.45) is 0 Å². The summed E-state index contributed by atoms with van der Waals surface area (Å²) in [5.74, 6) is -0.0459. The topological polar surface area (TPSA) is 26.3 Å². The molecule has 1 rings (SSSR count). The van der Waals surface area contributed by atoms with Gasteiger partial charge in [0.1, 0.15) is 19.7 Å². The largest absolute Gasteiger partial charge is 0.460 e. The van der Waals surface area contributed by atoms with E-state index in [4.69, 9.17) is 4.74 Å². The van der Waals surface area contributed by atoms with Gasteiger partial charge in [0.15, 0.2) is 0 Å². The van der Waals surface area contributed by atoms with E-state index in [0.29, 0.717) is 13.0 Å². The number of unbranched alkanes of at least 4 members (excludes halogenated alkanes) is 8. The molecule has 3 nitrogen and oxygen atoms in total. The molecule has 180 valence electrons. The minimum atomic E-state index is -0.0459. The third-order valence-electron chi connectivity index (χ3n) is 5.74. The number of esters is 1. The van der Waals surface area contributed by atoms with Crippen LogP contribution in [0.3, 0.4) is 0 Å². The zero-order valence-electron chi connectivity index (χ0n) is 21.1. The molecule has 1 aromatic rings. The second-order valence-electron chi connectivity index (χ2n) is 9.50. The molecule has 0 unspecified atom stereocenters. The van der Waals surface area contributed by atoms with Crippen molar-refractivity contribution in [1.29, 1.82) is 0 Å². The first-order chi connectivity index (χ1) is 15.5. The van der Waals surface area contributed by atoms with Gasteiger partial charge in [-0.25, -0.2) is 0 Å². The van der Waals surface area contributed by atoms with E-state index in [1.54, 1.807) is 0 Å². The number of carbonyl (C=O) groups is 1. The highest BCUT2D eigenvalue weighted by molar-refractivity contribution is 5.69. The molecule has 0 aliphatic rings. The van der Waals surface area contributed by atoms with Gasteiger partial charge < -0.3 is 9.22 Å². The number of ether oxygens (including phenoxy) is 1. The summed E-state index contributed by atoms with van der Waals surface area (Å²) < 4.78 is 6.29. The maximum absolute atomic E-state index is 12.0. The predicted molar refractivity (Wildman–Crippen MR) is 137 cm³/mol. The molecule has 0 heterocycles. The summed E-state index contributed by atoms with van der Waals surface area (Å²) >= 11 is 0. The highest BCUT2D eigenvalue weighted by atomic mass is 16.5. The maximum atomic E-state index is 12.0. The van der Waals surface area contributed by atoms with Crippen molar-refractivity contribution in [3.63, 3.8) is 0 Å². The number of nitrogens with zero attached hydrogens (tertiary/aromatic N) is 1. The molecular formula is C29H48NO2+. The van der Waals surface area contributed by atoms with Crippen LogP contribution >= 0.6 is 0 Å². The molecule has 0 radical (unpaired) electrons. The lowest BCUT2D eigenvalue weighted by atomic mass is 10.1. The van der Waals surface area contributed by atoms with Crippen LogP contribution in [0.5, 0.6) is 0 Å². The van der Waals surface area contributed by atoms with Crippen LogP contribution in [0.2, 0.25) is 0 Å². The number of allylic oxidation sites excluding steroid dienone is 4. The van der Waals surface area contributed by atoms with Crippen molar-refractivity contribution in [2.45, 2.75) is 90.5 Å². The molecule has 0 fully saturated rings. The Balaban J connectivity index is 1.93. The molecule has 1 aromatic carbocycles. The second-order valence-corrected chi connectivity index (χ2v) is 9.50. The van der Waals surface area contributed by atoms with Gasteiger partial charge in [0.05, 0.1) is 14.1 Å². The van der Waals surface area contributed by atoms with Crippen LogP contribution in [0.1, 0.15) is 89.5 Å². The van der Waals surface area contributed by atoms with Crippen molar-refractivity contribution in [1.82, 2.24) is 0 Å². The molecule has 0 aliphatic heterocycles. The third-order valence-corrected chi connectivity index (χ3v) is 5.74. The molecule has 0 amide bonds. The van der Waals surface area contributed by atoms with E-state index in [-0.39, 0.29) is 5.97 Å². The molecule has 0 saturated heterocycles. The lowest BCUT2D eigenvalue weighted by molar-refractivity contribution is -0.903. The minimum Gasteiger partial charge on any atom is -0.460 e. The van der Waals surface area contributed by atoms with Crippen LogP contribution in [-0.4, -0.2) is 37.7 Å². The lowest BCUT2D eigenvalue weighted by Crippen LogP contribution is -2.41. The van der Waals surface area contributed by atoms with Gasteiger partial charge in [0.2, 0.25) is 0 Å². The number of benzene rings is 1. The first-order valence-electron chi connectivity index (χ1n) is 12.8. The highest BCUT2D eigenvalue weighted by Gasteiger charge is 2.16. The fourth-order valence-corrected chi connectivity index (χ4v) is 3.72. The van der Waals surface area contributed by atoms with Crippen LogP contribution in [0.4, 0.5) is 0 Å². The van der Waals surface area contributed by atoms with Gasteiger partial charge in [-0.15, -0.1) is 0 Å². The summed E-state index contributed by atoms with van der Waals surface area (Å²) in [4.78, 5) is 12.0. The van der Waals surface area contributed by atoms with Gasteiger partial charge in [-0.2, -0.15) is 0 Å². The van der Waals surface area contributed by atoms with Gasteiger partial charge in [0.25, 0.3) is 0 Å². The van der Waals surface area contributed by atoms with Crippen molar-refractivity contribution in [2.75, 3.05) is 27.2 Å². The summed E-state index contributed by atoms with van der Waals surface area (Å²) in [6.45, 7) is 4.53. The van der Waals surface area contributed by atoms with Crippen molar-refractivity contribution in [3.05, 3.63) is 60.2 Å². The zero-order chi connectivity index (χ0) is 23.3. The van der Waals surface area contributed by atoms with Gasteiger partial charge in [-0.05, 0) is 38.5 Å². The molecule has 0 aromatic heterocycles. The van der Waals surface area contributed by atoms with Crippen LogP contribution in [0.15, 0.2) is 54.6 Å².